The van der Waals surface area contributed by atoms with Crippen LogP contribution in [0, 0.1) is 11.8 Å². The van der Waals surface area contributed by atoms with Crippen molar-refractivity contribution in [2.24, 2.45) is 16.8 Å². The van der Waals surface area contributed by atoms with Crippen LogP contribution < -0.4 is 10.0 Å². The predicted molar refractivity (Wildman–Crippen MR) is 102 cm³/mol. The van der Waals surface area contributed by atoms with Crippen LogP contribution in [0.4, 0.5) is 0 Å². The lowest BCUT2D eigenvalue weighted by Crippen LogP contribution is -2.48. The van der Waals surface area contributed by atoms with E-state index in [1.54, 1.807) is 18.2 Å². The number of benzene rings is 1. The maximum Gasteiger partial charge on any atom is 0.240 e. The van der Waals surface area contributed by atoms with E-state index in [2.05, 4.69) is 35.7 Å². The highest BCUT2D eigenvalue weighted by molar-refractivity contribution is 7.89. The molecule has 0 aromatic heterocycles. The summed E-state index contributed by atoms with van der Waals surface area (Å²) in [5.41, 5.74) is 0.879. The smallest absolute Gasteiger partial charge is 0.240 e. The Balaban J connectivity index is 2.17. The number of aliphatic imine (C=N–C) groups is 1. The van der Waals surface area contributed by atoms with Crippen molar-refractivity contribution in [3.8, 4) is 0 Å². The molecule has 6 nitrogen and oxygen atoms in total. The Kier molecular flexibility index (Phi) is 6.84. The van der Waals surface area contributed by atoms with Crippen LogP contribution in [0.2, 0.25) is 0 Å². The number of piperidine rings is 1. The van der Waals surface area contributed by atoms with Gasteiger partial charge in [0.2, 0.25) is 10.0 Å². The van der Waals surface area contributed by atoms with Crippen LogP contribution in [-0.4, -0.2) is 46.0 Å². The lowest BCUT2D eigenvalue weighted by atomic mass is 9.92. The minimum absolute atomic E-state index is 0.271. The summed E-state index contributed by atoms with van der Waals surface area (Å²) in [5.74, 6) is 2.20. The second-order valence-electron chi connectivity index (χ2n) is 6.88. The summed E-state index contributed by atoms with van der Waals surface area (Å²) >= 11 is 0. The molecule has 1 heterocycles. The molecule has 0 spiro atoms. The van der Waals surface area contributed by atoms with E-state index >= 15 is 0 Å². The average molecular weight is 367 g/mol. The minimum atomic E-state index is -3.43. The zero-order valence-electron chi connectivity index (χ0n) is 15.6. The molecule has 2 atom stereocenters. The second-order valence-corrected chi connectivity index (χ2v) is 8.76. The van der Waals surface area contributed by atoms with Gasteiger partial charge in [-0.15, -0.1) is 0 Å². The molecular formula is C18H30N4O2S. The normalized spacial score (nSPS) is 22.1. The van der Waals surface area contributed by atoms with Gasteiger partial charge in [-0.25, -0.2) is 18.1 Å². The molecule has 1 aromatic rings. The summed E-state index contributed by atoms with van der Waals surface area (Å²) in [7, 11) is -2.01. The van der Waals surface area contributed by atoms with Gasteiger partial charge < -0.3 is 10.2 Å². The number of hydrogen-bond acceptors (Lipinski definition) is 3. The van der Waals surface area contributed by atoms with Gasteiger partial charge in [0.1, 0.15) is 0 Å². The summed E-state index contributed by atoms with van der Waals surface area (Å²) in [5, 5.41) is 3.37. The summed E-state index contributed by atoms with van der Waals surface area (Å²) < 4.78 is 26.2. The topological polar surface area (TPSA) is 73.8 Å². The zero-order valence-corrected chi connectivity index (χ0v) is 16.4. The van der Waals surface area contributed by atoms with Gasteiger partial charge in [0, 0.05) is 19.6 Å². The first-order chi connectivity index (χ1) is 11.9. The Bertz CT molecular complexity index is 693. The molecule has 0 amide bonds. The molecule has 2 unspecified atom stereocenters. The molecule has 2 rings (SSSR count). The van der Waals surface area contributed by atoms with Crippen molar-refractivity contribution in [2.45, 2.75) is 38.6 Å². The molecule has 1 aliphatic heterocycles. The number of likely N-dealkylation sites (tertiary alicyclic amines) is 1. The van der Waals surface area contributed by atoms with Crippen LogP contribution >= 0.6 is 0 Å². The van der Waals surface area contributed by atoms with Gasteiger partial charge in [0.15, 0.2) is 5.96 Å². The van der Waals surface area contributed by atoms with Crippen molar-refractivity contribution >= 4 is 16.0 Å². The third-order valence-electron chi connectivity index (χ3n) is 4.39. The highest BCUT2D eigenvalue weighted by atomic mass is 32.2. The largest absolute Gasteiger partial charge is 0.357 e. The van der Waals surface area contributed by atoms with E-state index in [1.807, 2.05) is 6.07 Å². The molecule has 2 N–H and O–H groups in total. The molecule has 0 bridgehead atoms. The fourth-order valence-corrected chi connectivity index (χ4v) is 4.16. The van der Waals surface area contributed by atoms with Gasteiger partial charge in [0.25, 0.3) is 0 Å². The zero-order chi connectivity index (χ0) is 18.4. The fraction of sp³-hybridized carbons (Fsp3) is 0.611. The molecule has 1 aliphatic rings. The summed E-state index contributed by atoms with van der Waals surface area (Å²) in [4.78, 5) is 7.33. The Morgan fingerprint density at radius 2 is 1.96 bits per heavy atom. The Morgan fingerprint density at radius 1 is 1.28 bits per heavy atom. The van der Waals surface area contributed by atoms with Crippen molar-refractivity contribution in [3.63, 3.8) is 0 Å². The molecule has 140 valence electrons. The number of hydrogen-bond donors (Lipinski definition) is 2. The van der Waals surface area contributed by atoms with Crippen LogP contribution in [-0.2, 0) is 16.6 Å². The Morgan fingerprint density at radius 3 is 2.56 bits per heavy atom. The molecule has 1 fully saturated rings. The lowest BCUT2D eigenvalue weighted by Gasteiger charge is -2.37. The molecule has 0 aliphatic carbocycles. The van der Waals surface area contributed by atoms with Gasteiger partial charge in [0.05, 0.1) is 11.4 Å². The highest BCUT2D eigenvalue weighted by Crippen LogP contribution is 2.21. The first-order valence-corrected chi connectivity index (χ1v) is 10.4. The van der Waals surface area contributed by atoms with E-state index in [-0.39, 0.29) is 4.90 Å². The van der Waals surface area contributed by atoms with Crippen molar-refractivity contribution in [1.29, 1.82) is 0 Å². The van der Waals surface area contributed by atoms with E-state index < -0.39 is 10.0 Å². The highest BCUT2D eigenvalue weighted by Gasteiger charge is 2.24. The van der Waals surface area contributed by atoms with E-state index in [9.17, 15) is 8.42 Å². The molecular weight excluding hydrogens is 336 g/mol. The Labute approximate surface area is 151 Å². The van der Waals surface area contributed by atoms with Gasteiger partial charge in [-0.3, -0.25) is 0 Å². The van der Waals surface area contributed by atoms with Gasteiger partial charge in [-0.05, 0) is 49.9 Å². The van der Waals surface area contributed by atoms with Crippen molar-refractivity contribution < 1.29 is 8.42 Å². The lowest BCUT2D eigenvalue weighted by molar-refractivity contribution is 0.208. The number of nitrogens with one attached hydrogen (secondary N) is 2. The standard InChI is InChI=1S/C18H30N4O2S/c1-5-20-18(22-12-14(2)9-15(3)13-22)21-11-16-7-6-8-17(10-16)25(23,24)19-4/h6-8,10,14-15,19H,5,9,11-13H2,1-4H3,(H,20,21). The fourth-order valence-electron chi connectivity index (χ4n) is 3.36. The van der Waals surface area contributed by atoms with Crippen molar-refractivity contribution in [2.75, 3.05) is 26.7 Å². The van der Waals surface area contributed by atoms with Gasteiger partial charge in [-0.1, -0.05) is 26.0 Å². The molecule has 1 saturated heterocycles. The van der Waals surface area contributed by atoms with Crippen molar-refractivity contribution in [1.82, 2.24) is 14.9 Å². The first-order valence-electron chi connectivity index (χ1n) is 8.91. The summed E-state index contributed by atoms with van der Waals surface area (Å²) in [6, 6.07) is 6.94. The number of sulfonamides is 1. The molecule has 1 aromatic carbocycles. The summed E-state index contributed by atoms with van der Waals surface area (Å²) in [6.07, 6.45) is 1.25. The SMILES string of the molecule is CCNC(=NCc1cccc(S(=O)(=O)NC)c1)N1CC(C)CC(C)C1. The van der Waals surface area contributed by atoms with Crippen molar-refractivity contribution in [3.05, 3.63) is 29.8 Å². The third-order valence-corrected chi connectivity index (χ3v) is 5.80. The van der Waals surface area contributed by atoms with Gasteiger partial charge in [-0.2, -0.15) is 0 Å². The molecule has 0 saturated carbocycles. The Hall–Kier alpha value is -1.60. The van der Waals surface area contributed by atoms with Gasteiger partial charge >= 0.3 is 0 Å². The van der Waals surface area contributed by atoms with E-state index in [0.717, 1.165) is 31.2 Å². The molecule has 25 heavy (non-hydrogen) atoms. The van der Waals surface area contributed by atoms with E-state index in [1.165, 1.54) is 13.5 Å². The first kappa shape index (κ1) is 19.7. The van der Waals surface area contributed by atoms with Crippen LogP contribution in [0.5, 0.6) is 0 Å². The quantitative estimate of drug-likeness (QED) is 0.618. The van der Waals surface area contributed by atoms with Crippen LogP contribution in [0.25, 0.3) is 0 Å². The van der Waals surface area contributed by atoms with Crippen LogP contribution in [0.3, 0.4) is 0 Å². The maximum absolute atomic E-state index is 11.9. The van der Waals surface area contributed by atoms with Crippen LogP contribution in [0.15, 0.2) is 34.2 Å². The third kappa shape index (κ3) is 5.44. The van der Waals surface area contributed by atoms with E-state index in [4.69, 9.17) is 4.99 Å². The number of rotatable bonds is 5. The predicted octanol–water partition coefficient (Wildman–Crippen LogP) is 2.04. The number of nitrogens with zero attached hydrogens (tertiary/aromatic N) is 2. The van der Waals surface area contributed by atoms with Crippen LogP contribution in [0.1, 0.15) is 32.8 Å². The monoisotopic (exact) mass is 366 g/mol. The molecule has 7 heteroatoms. The minimum Gasteiger partial charge on any atom is -0.357 e. The molecule has 0 radical (unpaired) electrons. The average Bonchev–Trinajstić information content (AvgIpc) is 2.58. The maximum atomic E-state index is 11.9. The second kappa shape index (κ2) is 8.67. The summed E-state index contributed by atoms with van der Waals surface area (Å²) in [6.45, 7) is 9.89. The van der Waals surface area contributed by atoms with E-state index in [0.29, 0.717) is 18.4 Å². The number of guanidine groups is 1.